The van der Waals surface area contributed by atoms with Crippen molar-refractivity contribution in [3.05, 3.63) is 59.8 Å². The first-order valence-corrected chi connectivity index (χ1v) is 9.90. The van der Waals surface area contributed by atoms with Crippen LogP contribution in [0.1, 0.15) is 6.92 Å². The number of anilines is 4. The molecule has 0 amide bonds. The Balaban J connectivity index is 1.84. The molecule has 2 heterocycles. The van der Waals surface area contributed by atoms with Crippen LogP contribution in [-0.4, -0.2) is 29.1 Å². The zero-order valence-electron chi connectivity index (χ0n) is 14.1. The zero-order chi connectivity index (χ0) is 19.4. The average Bonchev–Trinajstić information content (AvgIpc) is 2.65. The highest BCUT2D eigenvalue weighted by Crippen LogP contribution is 2.24. The number of nitrogens with zero attached hydrogens (tertiary/aromatic N) is 3. The predicted molar refractivity (Wildman–Crippen MR) is 102 cm³/mol. The molecule has 0 aliphatic heterocycles. The van der Waals surface area contributed by atoms with Gasteiger partial charge in [-0.25, -0.2) is 27.8 Å². The summed E-state index contributed by atoms with van der Waals surface area (Å²) in [6.45, 7) is 1.53. The maximum Gasteiger partial charge on any atom is 0.178 e. The van der Waals surface area contributed by atoms with Gasteiger partial charge in [-0.3, -0.25) is 0 Å². The van der Waals surface area contributed by atoms with Gasteiger partial charge in [0.2, 0.25) is 0 Å². The molecule has 2 N–H and O–H groups in total. The van der Waals surface area contributed by atoms with Gasteiger partial charge in [-0.15, -0.1) is 0 Å². The van der Waals surface area contributed by atoms with Crippen molar-refractivity contribution in [2.45, 2.75) is 11.8 Å². The highest BCUT2D eigenvalue weighted by atomic mass is 35.5. The smallest absolute Gasteiger partial charge is 0.178 e. The van der Waals surface area contributed by atoms with Crippen molar-refractivity contribution in [3.8, 4) is 0 Å². The Morgan fingerprint density at radius 1 is 1.00 bits per heavy atom. The van der Waals surface area contributed by atoms with Gasteiger partial charge < -0.3 is 10.6 Å². The molecule has 0 atom stereocenters. The molecule has 0 saturated heterocycles. The van der Waals surface area contributed by atoms with Gasteiger partial charge in [0, 0.05) is 12.3 Å². The normalized spacial score (nSPS) is 11.2. The van der Waals surface area contributed by atoms with Crippen molar-refractivity contribution in [3.63, 3.8) is 0 Å². The van der Waals surface area contributed by atoms with Gasteiger partial charge in [0.1, 0.15) is 29.6 Å². The lowest BCUT2D eigenvalue weighted by atomic mass is 10.3. The van der Waals surface area contributed by atoms with E-state index in [0.717, 1.165) is 6.07 Å². The third kappa shape index (κ3) is 4.69. The van der Waals surface area contributed by atoms with Crippen LogP contribution in [0, 0.1) is 5.82 Å². The zero-order valence-corrected chi connectivity index (χ0v) is 15.7. The van der Waals surface area contributed by atoms with Crippen LogP contribution < -0.4 is 10.6 Å². The largest absolute Gasteiger partial charge is 0.338 e. The number of aromatic nitrogens is 3. The second kappa shape index (κ2) is 7.85. The fourth-order valence-electron chi connectivity index (χ4n) is 2.17. The van der Waals surface area contributed by atoms with E-state index in [1.54, 1.807) is 12.1 Å². The minimum absolute atomic E-state index is 0.00112. The van der Waals surface area contributed by atoms with E-state index in [1.165, 1.54) is 37.6 Å². The van der Waals surface area contributed by atoms with Crippen molar-refractivity contribution >= 4 is 44.6 Å². The van der Waals surface area contributed by atoms with Crippen molar-refractivity contribution in [1.29, 1.82) is 0 Å². The number of hydrogen-bond acceptors (Lipinski definition) is 7. The lowest BCUT2D eigenvalue weighted by Gasteiger charge is -2.10. The van der Waals surface area contributed by atoms with E-state index in [0.29, 0.717) is 16.7 Å². The summed E-state index contributed by atoms with van der Waals surface area (Å²) >= 11 is 5.80. The monoisotopic (exact) mass is 407 g/mol. The summed E-state index contributed by atoms with van der Waals surface area (Å²) in [5, 5.41) is 6.24. The molecule has 7 nitrogen and oxygen atoms in total. The summed E-state index contributed by atoms with van der Waals surface area (Å²) in [5.41, 5.74) is -0.00112. The van der Waals surface area contributed by atoms with Crippen molar-refractivity contribution in [1.82, 2.24) is 15.0 Å². The molecule has 1 aromatic carbocycles. The molecule has 0 bridgehead atoms. The summed E-state index contributed by atoms with van der Waals surface area (Å²) in [7, 11) is -3.45. The van der Waals surface area contributed by atoms with Gasteiger partial charge >= 0.3 is 0 Å². The molecule has 10 heteroatoms. The van der Waals surface area contributed by atoms with Crippen LogP contribution in [0.3, 0.4) is 0 Å². The van der Waals surface area contributed by atoms with E-state index < -0.39 is 15.7 Å². The Morgan fingerprint density at radius 2 is 1.74 bits per heavy atom. The average molecular weight is 408 g/mol. The van der Waals surface area contributed by atoms with Crippen molar-refractivity contribution in [2.24, 2.45) is 0 Å². The van der Waals surface area contributed by atoms with Gasteiger partial charge in [-0.1, -0.05) is 18.5 Å². The maximum absolute atomic E-state index is 14.1. The molecule has 0 saturated carbocycles. The number of rotatable bonds is 6. The van der Waals surface area contributed by atoms with E-state index >= 15 is 0 Å². The third-order valence-electron chi connectivity index (χ3n) is 3.59. The molecule has 0 aliphatic rings. The van der Waals surface area contributed by atoms with Crippen molar-refractivity contribution in [2.75, 3.05) is 16.4 Å². The van der Waals surface area contributed by atoms with Crippen LogP contribution in [0.4, 0.5) is 27.5 Å². The fraction of sp³-hybridized carbons (Fsp3) is 0.118. The first-order chi connectivity index (χ1) is 12.9. The van der Waals surface area contributed by atoms with Crippen LogP contribution in [0.5, 0.6) is 0 Å². The fourth-order valence-corrected chi connectivity index (χ4v) is 3.19. The number of hydrogen-bond donors (Lipinski definition) is 2. The Hall–Kier alpha value is -2.78. The quantitative estimate of drug-likeness (QED) is 0.597. The minimum atomic E-state index is -3.45. The van der Waals surface area contributed by atoms with E-state index in [2.05, 4.69) is 25.6 Å². The van der Waals surface area contributed by atoms with Crippen LogP contribution >= 0.6 is 11.6 Å². The molecular weight excluding hydrogens is 393 g/mol. The first-order valence-electron chi connectivity index (χ1n) is 7.87. The summed E-state index contributed by atoms with van der Waals surface area (Å²) in [6, 6.07) is 8.46. The van der Waals surface area contributed by atoms with Crippen LogP contribution in [0.2, 0.25) is 5.02 Å². The standard InChI is InChI=1S/C17H15ClFN5O2S/c1-2-27(25,26)12-4-5-13(19)14(7-12)23-16-8-17(22-10-21-16)24-15-6-3-11(18)9-20-15/h3-10H,2H2,1H3,(H2,20,21,22,23,24). The summed E-state index contributed by atoms with van der Waals surface area (Å²) in [6.07, 6.45) is 2.77. The van der Waals surface area contributed by atoms with Crippen LogP contribution in [-0.2, 0) is 9.84 Å². The summed E-state index contributed by atoms with van der Waals surface area (Å²) in [4.78, 5) is 12.2. The molecule has 0 spiro atoms. The second-order valence-electron chi connectivity index (χ2n) is 5.45. The van der Waals surface area contributed by atoms with Gasteiger partial charge in [-0.05, 0) is 30.3 Å². The lowest BCUT2D eigenvalue weighted by molar-refractivity contribution is 0.596. The number of nitrogens with one attached hydrogen (secondary N) is 2. The third-order valence-corrected chi connectivity index (χ3v) is 5.55. The minimum Gasteiger partial charge on any atom is -0.338 e. The number of pyridine rings is 1. The van der Waals surface area contributed by atoms with Crippen molar-refractivity contribution < 1.29 is 12.8 Å². The summed E-state index contributed by atoms with van der Waals surface area (Å²) < 4.78 is 38.1. The molecule has 27 heavy (non-hydrogen) atoms. The Kier molecular flexibility index (Phi) is 5.52. The molecule has 3 rings (SSSR count). The SMILES string of the molecule is CCS(=O)(=O)c1ccc(F)c(Nc2cc(Nc3ccc(Cl)cn3)ncn2)c1. The number of sulfone groups is 1. The molecule has 0 radical (unpaired) electrons. The van der Waals surface area contributed by atoms with Gasteiger partial charge in [0.05, 0.1) is 21.4 Å². The number of benzene rings is 1. The van der Waals surface area contributed by atoms with Crippen LogP contribution in [0.15, 0.2) is 53.8 Å². The van der Waals surface area contributed by atoms with Gasteiger partial charge in [0.15, 0.2) is 9.84 Å². The predicted octanol–water partition coefficient (Wildman–Crippen LogP) is 3.94. The molecule has 0 fully saturated rings. The lowest BCUT2D eigenvalue weighted by Crippen LogP contribution is -2.06. The molecular formula is C17H15ClFN5O2S. The Labute approximate surface area is 160 Å². The van der Waals surface area contributed by atoms with E-state index in [9.17, 15) is 12.8 Å². The molecule has 140 valence electrons. The summed E-state index contributed by atoms with van der Waals surface area (Å²) in [5.74, 6) is 0.545. The van der Waals surface area contributed by atoms with E-state index in [-0.39, 0.29) is 22.2 Å². The topological polar surface area (TPSA) is 96.9 Å². The molecule has 0 unspecified atom stereocenters. The van der Waals surface area contributed by atoms with Crippen LogP contribution in [0.25, 0.3) is 0 Å². The Morgan fingerprint density at radius 3 is 2.41 bits per heavy atom. The second-order valence-corrected chi connectivity index (χ2v) is 8.16. The maximum atomic E-state index is 14.1. The van der Waals surface area contributed by atoms with E-state index in [1.807, 2.05) is 0 Å². The number of halogens is 2. The van der Waals surface area contributed by atoms with E-state index in [4.69, 9.17) is 11.6 Å². The molecule has 2 aromatic heterocycles. The molecule has 0 aliphatic carbocycles. The van der Waals surface area contributed by atoms with Gasteiger partial charge in [-0.2, -0.15) is 0 Å². The highest BCUT2D eigenvalue weighted by Gasteiger charge is 2.15. The highest BCUT2D eigenvalue weighted by molar-refractivity contribution is 7.91. The Bertz CT molecular complexity index is 1060. The first kappa shape index (κ1) is 19.0. The molecule has 3 aromatic rings. The van der Waals surface area contributed by atoms with Gasteiger partial charge in [0.25, 0.3) is 0 Å².